The predicted octanol–water partition coefficient (Wildman–Crippen LogP) is 3.63. The van der Waals surface area contributed by atoms with E-state index in [9.17, 15) is 9.59 Å². The molecule has 0 spiro atoms. The van der Waals surface area contributed by atoms with E-state index in [2.05, 4.69) is 43.0 Å². The Morgan fingerprint density at radius 2 is 2.07 bits per heavy atom. The number of nitrogens with one attached hydrogen (secondary N) is 2. The largest absolute Gasteiger partial charge is 0.463 e. The molecule has 0 fully saturated rings. The average Bonchev–Trinajstić information content (AvgIpc) is 3.37. The van der Waals surface area contributed by atoms with Crippen LogP contribution in [0.25, 0.3) is 17.4 Å². The molecule has 1 aromatic carbocycles. The number of carbonyl (C=O) groups is 1. The Labute approximate surface area is 179 Å². The molecule has 0 aliphatic heterocycles. The van der Waals surface area contributed by atoms with E-state index < -0.39 is 0 Å². The lowest BCUT2D eigenvalue weighted by Crippen LogP contribution is -2.19. The van der Waals surface area contributed by atoms with Crippen LogP contribution in [-0.2, 0) is 6.42 Å². The Morgan fingerprint density at radius 1 is 1.24 bits per heavy atom. The zero-order valence-corrected chi connectivity index (χ0v) is 17.5. The summed E-state index contributed by atoms with van der Waals surface area (Å²) in [7, 11) is 0. The molecular formula is C20H16IN5O3. The molecule has 8 nitrogen and oxygen atoms in total. The first-order chi connectivity index (χ1) is 14.0. The molecule has 146 valence electrons. The van der Waals surface area contributed by atoms with Crippen LogP contribution >= 0.6 is 22.6 Å². The molecule has 3 aromatic heterocycles. The number of aryl methyl sites for hydroxylation is 1. The number of benzene rings is 1. The van der Waals surface area contributed by atoms with Gasteiger partial charge in [0.15, 0.2) is 5.76 Å². The molecule has 4 aromatic rings. The minimum Gasteiger partial charge on any atom is -0.463 e. The van der Waals surface area contributed by atoms with Crippen molar-refractivity contribution in [1.29, 1.82) is 0 Å². The summed E-state index contributed by atoms with van der Waals surface area (Å²) in [4.78, 5) is 32.0. The van der Waals surface area contributed by atoms with E-state index in [1.165, 1.54) is 17.0 Å². The summed E-state index contributed by atoms with van der Waals surface area (Å²) in [6.45, 7) is 1.91. The van der Waals surface area contributed by atoms with Crippen molar-refractivity contribution in [2.75, 3.05) is 5.32 Å². The lowest BCUT2D eigenvalue weighted by atomic mass is 10.2. The fraction of sp³-hybridized carbons (Fsp3) is 0.100. The first kappa shape index (κ1) is 19.1. The topological polar surface area (TPSA) is 106 Å². The lowest BCUT2D eigenvalue weighted by molar-refractivity contribution is 0.102. The third-order valence-corrected chi connectivity index (χ3v) is 5.13. The van der Waals surface area contributed by atoms with Gasteiger partial charge in [0.05, 0.1) is 11.8 Å². The fourth-order valence-electron chi connectivity index (χ4n) is 2.78. The standard InChI is InChI=1S/C20H16IN5O3/c1-2-12-10-18(27)24-20(22-12)26-17(11-15(25-26)16-8-5-9-29-16)23-19(28)13-6-3-4-7-14(13)21/h3-11H,2H2,1H3,(H,23,28)(H,22,24,27). The quantitative estimate of drug-likeness (QED) is 0.407. The van der Waals surface area contributed by atoms with Gasteiger partial charge in [0, 0.05) is 21.4 Å². The highest BCUT2D eigenvalue weighted by molar-refractivity contribution is 14.1. The summed E-state index contributed by atoms with van der Waals surface area (Å²) < 4.78 is 7.63. The van der Waals surface area contributed by atoms with Crippen LogP contribution < -0.4 is 10.9 Å². The van der Waals surface area contributed by atoms with E-state index in [0.717, 1.165) is 3.57 Å². The minimum absolute atomic E-state index is 0.213. The second-order valence-corrected chi connectivity index (χ2v) is 7.31. The molecule has 2 N–H and O–H groups in total. The maximum absolute atomic E-state index is 12.8. The molecule has 1 amide bonds. The van der Waals surface area contributed by atoms with Gasteiger partial charge in [-0.3, -0.25) is 14.6 Å². The number of anilines is 1. The van der Waals surface area contributed by atoms with Crippen molar-refractivity contribution in [2.24, 2.45) is 0 Å². The van der Waals surface area contributed by atoms with Crippen molar-refractivity contribution in [3.8, 4) is 17.4 Å². The number of carbonyl (C=O) groups excluding carboxylic acids is 1. The number of hydrogen-bond acceptors (Lipinski definition) is 5. The SMILES string of the molecule is CCc1cc(=O)[nH]c(-n2nc(-c3ccco3)cc2NC(=O)c2ccccc2I)n1. The summed E-state index contributed by atoms with van der Waals surface area (Å²) in [6, 6.07) is 13.9. The molecule has 29 heavy (non-hydrogen) atoms. The summed E-state index contributed by atoms with van der Waals surface area (Å²) in [5, 5.41) is 7.34. The molecule has 0 bridgehead atoms. The van der Waals surface area contributed by atoms with Crippen LogP contribution in [0.1, 0.15) is 23.0 Å². The smallest absolute Gasteiger partial charge is 0.257 e. The zero-order valence-electron chi connectivity index (χ0n) is 15.3. The number of aromatic amines is 1. The lowest BCUT2D eigenvalue weighted by Gasteiger charge is -2.09. The van der Waals surface area contributed by atoms with Crippen molar-refractivity contribution in [3.05, 3.63) is 80.0 Å². The third kappa shape index (κ3) is 3.99. The predicted molar refractivity (Wildman–Crippen MR) is 116 cm³/mol. The number of amides is 1. The number of hydrogen-bond donors (Lipinski definition) is 2. The van der Waals surface area contributed by atoms with Crippen molar-refractivity contribution < 1.29 is 9.21 Å². The summed E-state index contributed by atoms with van der Waals surface area (Å²) >= 11 is 2.11. The van der Waals surface area contributed by atoms with E-state index in [1.54, 1.807) is 30.3 Å². The van der Waals surface area contributed by atoms with Gasteiger partial charge in [-0.2, -0.15) is 9.78 Å². The number of aromatic nitrogens is 4. The van der Waals surface area contributed by atoms with Gasteiger partial charge in [0.2, 0.25) is 5.95 Å². The van der Waals surface area contributed by atoms with Gasteiger partial charge in [0.25, 0.3) is 11.5 Å². The molecule has 0 radical (unpaired) electrons. The van der Waals surface area contributed by atoms with E-state index in [1.807, 2.05) is 19.1 Å². The summed E-state index contributed by atoms with van der Waals surface area (Å²) in [5.41, 5.74) is 1.35. The Kier molecular flexibility index (Phi) is 5.30. The highest BCUT2D eigenvalue weighted by Gasteiger charge is 2.18. The molecule has 0 aliphatic rings. The Balaban J connectivity index is 1.80. The number of halogens is 1. The molecule has 0 atom stereocenters. The Morgan fingerprint density at radius 3 is 2.79 bits per heavy atom. The van der Waals surface area contributed by atoms with Crippen LogP contribution in [0.15, 0.2) is 64.0 Å². The van der Waals surface area contributed by atoms with E-state index in [-0.39, 0.29) is 17.4 Å². The van der Waals surface area contributed by atoms with E-state index >= 15 is 0 Å². The molecule has 9 heteroatoms. The first-order valence-corrected chi connectivity index (χ1v) is 9.93. The van der Waals surface area contributed by atoms with Crippen LogP contribution in [0.3, 0.4) is 0 Å². The van der Waals surface area contributed by atoms with Crippen LogP contribution in [0.5, 0.6) is 0 Å². The molecule has 3 heterocycles. The molecule has 0 unspecified atom stereocenters. The summed E-state index contributed by atoms with van der Waals surface area (Å²) in [5.74, 6) is 0.807. The van der Waals surface area contributed by atoms with Gasteiger partial charge in [-0.1, -0.05) is 19.1 Å². The number of H-pyrrole nitrogens is 1. The number of nitrogens with zero attached hydrogens (tertiary/aromatic N) is 3. The monoisotopic (exact) mass is 501 g/mol. The minimum atomic E-state index is -0.295. The highest BCUT2D eigenvalue weighted by atomic mass is 127. The first-order valence-electron chi connectivity index (χ1n) is 8.85. The summed E-state index contributed by atoms with van der Waals surface area (Å²) in [6.07, 6.45) is 2.13. The van der Waals surface area contributed by atoms with Crippen LogP contribution in [-0.4, -0.2) is 25.7 Å². The average molecular weight is 501 g/mol. The zero-order chi connectivity index (χ0) is 20.4. The van der Waals surface area contributed by atoms with Gasteiger partial charge in [-0.05, 0) is 53.3 Å². The molecular weight excluding hydrogens is 485 g/mol. The second-order valence-electron chi connectivity index (χ2n) is 6.15. The molecule has 0 aliphatic carbocycles. The highest BCUT2D eigenvalue weighted by Crippen LogP contribution is 2.25. The van der Waals surface area contributed by atoms with Crippen molar-refractivity contribution >= 4 is 34.3 Å². The van der Waals surface area contributed by atoms with Gasteiger partial charge < -0.3 is 9.73 Å². The van der Waals surface area contributed by atoms with Crippen molar-refractivity contribution in [1.82, 2.24) is 19.7 Å². The normalized spacial score (nSPS) is 10.8. The van der Waals surface area contributed by atoms with Gasteiger partial charge in [-0.15, -0.1) is 0 Å². The second kappa shape index (κ2) is 8.03. The van der Waals surface area contributed by atoms with Crippen molar-refractivity contribution in [2.45, 2.75) is 13.3 Å². The van der Waals surface area contributed by atoms with Gasteiger partial charge in [0.1, 0.15) is 11.5 Å². The van der Waals surface area contributed by atoms with Gasteiger partial charge in [-0.25, -0.2) is 4.98 Å². The number of furan rings is 1. The molecule has 4 rings (SSSR count). The van der Waals surface area contributed by atoms with Gasteiger partial charge >= 0.3 is 0 Å². The maximum atomic E-state index is 12.8. The van der Waals surface area contributed by atoms with E-state index in [0.29, 0.717) is 35.0 Å². The molecule has 0 saturated carbocycles. The van der Waals surface area contributed by atoms with Crippen LogP contribution in [0.4, 0.5) is 5.82 Å². The fourth-order valence-corrected chi connectivity index (χ4v) is 3.41. The third-order valence-electron chi connectivity index (χ3n) is 4.19. The van der Waals surface area contributed by atoms with Crippen LogP contribution in [0.2, 0.25) is 0 Å². The Bertz CT molecular complexity index is 1230. The van der Waals surface area contributed by atoms with Crippen LogP contribution in [0, 0.1) is 3.57 Å². The Hall–Kier alpha value is -3.21. The maximum Gasteiger partial charge on any atom is 0.257 e. The van der Waals surface area contributed by atoms with Crippen molar-refractivity contribution in [3.63, 3.8) is 0 Å². The molecule has 0 saturated heterocycles. The number of rotatable bonds is 5. The van der Waals surface area contributed by atoms with E-state index in [4.69, 9.17) is 4.42 Å².